The molecule has 2 fully saturated rings. The fraction of sp³-hybridized carbons (Fsp3) is 0.350. The fourth-order valence-corrected chi connectivity index (χ4v) is 4.35. The molecule has 0 amide bonds. The lowest BCUT2D eigenvalue weighted by atomic mass is 10.2. The van der Waals surface area contributed by atoms with Gasteiger partial charge in [0.2, 0.25) is 5.95 Å². The van der Waals surface area contributed by atoms with Gasteiger partial charge >= 0.3 is 6.01 Å². The first-order chi connectivity index (χ1) is 15.3. The van der Waals surface area contributed by atoms with Crippen LogP contribution in [0.1, 0.15) is 17.3 Å². The number of nitrogens with zero attached hydrogens (tertiary/aromatic N) is 8. The van der Waals surface area contributed by atoms with Crippen molar-refractivity contribution in [3.8, 4) is 11.6 Å². The Bertz CT molecular complexity index is 1150. The molecule has 0 radical (unpaired) electrons. The molecule has 1 saturated carbocycles. The molecule has 6 rings (SSSR count). The summed E-state index contributed by atoms with van der Waals surface area (Å²) in [5.41, 5.74) is 2.66. The van der Waals surface area contributed by atoms with Crippen molar-refractivity contribution >= 4 is 12.0 Å². The average molecular weight is 416 g/mol. The highest BCUT2D eigenvalue weighted by atomic mass is 16.4. The predicted molar refractivity (Wildman–Crippen MR) is 110 cm³/mol. The molecule has 1 saturated heterocycles. The summed E-state index contributed by atoms with van der Waals surface area (Å²) < 4.78 is 5.92. The first kappa shape index (κ1) is 17.9. The molecule has 5 heterocycles. The molecule has 0 bridgehead atoms. The largest absolute Gasteiger partial charge is 0.402 e. The van der Waals surface area contributed by atoms with E-state index < -0.39 is 0 Å². The van der Waals surface area contributed by atoms with E-state index in [-0.39, 0.29) is 0 Å². The van der Waals surface area contributed by atoms with Crippen LogP contribution in [-0.2, 0) is 6.42 Å². The first-order valence-electron chi connectivity index (χ1n) is 10.3. The summed E-state index contributed by atoms with van der Waals surface area (Å²) in [6.07, 6.45) is 6.07. The van der Waals surface area contributed by atoms with Gasteiger partial charge in [-0.05, 0) is 30.0 Å². The number of hydrogen-bond donors (Lipinski definition) is 2. The standard InChI is InChI=1S/C20H20N10O/c1-2-6-21-12(3-1)4-7-22-19-23-8-5-15(25-19)18-27-28-20(31-18)30-10-13-14(11-30)17(13)16-9-24-29-26-16/h1-3,5-6,8-9,13-14,17H,4,7,10-11H2,(H,22,23,25)(H,24,26,29). The van der Waals surface area contributed by atoms with E-state index in [1.54, 1.807) is 18.5 Å². The zero-order valence-electron chi connectivity index (χ0n) is 16.6. The third-order valence-corrected chi connectivity index (χ3v) is 5.92. The van der Waals surface area contributed by atoms with E-state index >= 15 is 0 Å². The number of fused-ring (bicyclic) bond motifs is 1. The molecule has 4 aromatic heterocycles. The molecular formula is C20H20N10O. The lowest BCUT2D eigenvalue weighted by Gasteiger charge is -2.15. The summed E-state index contributed by atoms with van der Waals surface area (Å²) in [7, 11) is 0. The molecule has 0 aromatic carbocycles. The Morgan fingerprint density at radius 3 is 2.84 bits per heavy atom. The Morgan fingerprint density at radius 1 is 1.10 bits per heavy atom. The van der Waals surface area contributed by atoms with Gasteiger partial charge in [0.05, 0.1) is 11.9 Å². The Kier molecular flexibility index (Phi) is 4.29. The molecule has 2 unspecified atom stereocenters. The summed E-state index contributed by atoms with van der Waals surface area (Å²) >= 11 is 0. The van der Waals surface area contributed by atoms with Crippen molar-refractivity contribution in [2.24, 2.45) is 11.8 Å². The van der Waals surface area contributed by atoms with Crippen LogP contribution in [-0.4, -0.2) is 60.2 Å². The second-order valence-electron chi connectivity index (χ2n) is 7.81. The zero-order chi connectivity index (χ0) is 20.6. The lowest BCUT2D eigenvalue weighted by Crippen LogP contribution is -2.23. The van der Waals surface area contributed by atoms with E-state index in [0.29, 0.717) is 47.8 Å². The SMILES string of the molecule is c1ccc(CCNc2nccc(-c3nnc(N4CC5C(C4)C5c4cn[nH]n4)o3)n2)nc1. The third-order valence-electron chi connectivity index (χ3n) is 5.92. The molecule has 1 aliphatic heterocycles. The minimum atomic E-state index is 0.388. The van der Waals surface area contributed by atoms with Gasteiger partial charge < -0.3 is 14.6 Å². The number of nitrogens with one attached hydrogen (secondary N) is 2. The predicted octanol–water partition coefficient (Wildman–Crippen LogP) is 1.54. The van der Waals surface area contributed by atoms with Gasteiger partial charge in [-0.25, -0.2) is 9.97 Å². The second-order valence-corrected chi connectivity index (χ2v) is 7.81. The highest BCUT2D eigenvalue weighted by Gasteiger charge is 2.58. The fourth-order valence-electron chi connectivity index (χ4n) is 4.35. The zero-order valence-corrected chi connectivity index (χ0v) is 16.6. The number of anilines is 2. The number of H-pyrrole nitrogens is 1. The summed E-state index contributed by atoms with van der Waals surface area (Å²) in [5.74, 6) is 2.52. The van der Waals surface area contributed by atoms with Crippen molar-refractivity contribution < 1.29 is 4.42 Å². The van der Waals surface area contributed by atoms with Gasteiger partial charge in [0, 0.05) is 50.1 Å². The van der Waals surface area contributed by atoms with E-state index in [1.807, 2.05) is 24.4 Å². The van der Waals surface area contributed by atoms with Gasteiger partial charge in [0.25, 0.3) is 5.89 Å². The van der Waals surface area contributed by atoms with E-state index in [1.165, 1.54) is 0 Å². The van der Waals surface area contributed by atoms with Crippen LogP contribution in [0.3, 0.4) is 0 Å². The molecule has 2 N–H and O–H groups in total. The molecule has 2 atom stereocenters. The highest BCUT2D eigenvalue weighted by Crippen LogP contribution is 2.57. The van der Waals surface area contributed by atoms with E-state index in [0.717, 1.165) is 30.9 Å². The Balaban J connectivity index is 1.08. The Morgan fingerprint density at radius 2 is 2.03 bits per heavy atom. The normalized spacial score (nSPS) is 21.8. The van der Waals surface area contributed by atoms with Gasteiger partial charge in [-0.15, -0.1) is 5.10 Å². The van der Waals surface area contributed by atoms with Crippen molar-refractivity contribution in [2.75, 3.05) is 29.9 Å². The van der Waals surface area contributed by atoms with Gasteiger partial charge in [-0.2, -0.15) is 15.4 Å². The van der Waals surface area contributed by atoms with Gasteiger partial charge in [0.1, 0.15) is 5.69 Å². The molecule has 11 nitrogen and oxygen atoms in total. The maximum atomic E-state index is 5.92. The van der Waals surface area contributed by atoms with E-state index in [9.17, 15) is 0 Å². The van der Waals surface area contributed by atoms with Gasteiger partial charge in [-0.3, -0.25) is 4.98 Å². The monoisotopic (exact) mass is 416 g/mol. The Hall–Kier alpha value is -3.89. The van der Waals surface area contributed by atoms with Crippen LogP contribution in [0.4, 0.5) is 12.0 Å². The molecule has 31 heavy (non-hydrogen) atoms. The van der Waals surface area contributed by atoms with Crippen molar-refractivity contribution in [1.82, 2.24) is 40.6 Å². The molecule has 4 aromatic rings. The van der Waals surface area contributed by atoms with Crippen molar-refractivity contribution in [3.63, 3.8) is 0 Å². The molecule has 2 aliphatic rings. The van der Waals surface area contributed by atoms with E-state index in [4.69, 9.17) is 4.42 Å². The molecule has 156 valence electrons. The van der Waals surface area contributed by atoms with Crippen molar-refractivity contribution in [3.05, 3.63) is 54.2 Å². The van der Waals surface area contributed by atoms with Gasteiger partial charge in [-0.1, -0.05) is 11.2 Å². The van der Waals surface area contributed by atoms with E-state index in [2.05, 4.69) is 50.8 Å². The Labute approximate surface area is 177 Å². The third kappa shape index (κ3) is 3.47. The minimum absolute atomic E-state index is 0.388. The lowest BCUT2D eigenvalue weighted by molar-refractivity contribution is 0.542. The minimum Gasteiger partial charge on any atom is -0.402 e. The van der Waals surface area contributed by atoms with Crippen molar-refractivity contribution in [1.29, 1.82) is 0 Å². The number of aromatic amines is 1. The number of rotatable bonds is 7. The molecular weight excluding hydrogens is 396 g/mol. The van der Waals surface area contributed by atoms with Crippen LogP contribution < -0.4 is 10.2 Å². The number of hydrogen-bond acceptors (Lipinski definition) is 10. The van der Waals surface area contributed by atoms with Crippen molar-refractivity contribution in [2.45, 2.75) is 12.3 Å². The van der Waals surface area contributed by atoms with Crippen LogP contribution in [0.2, 0.25) is 0 Å². The summed E-state index contributed by atoms with van der Waals surface area (Å²) in [4.78, 5) is 15.2. The maximum absolute atomic E-state index is 5.92. The second kappa shape index (κ2) is 7.42. The summed E-state index contributed by atoms with van der Waals surface area (Å²) in [6.45, 7) is 2.45. The molecule has 11 heteroatoms. The van der Waals surface area contributed by atoms with Crippen LogP contribution in [0.15, 0.2) is 47.3 Å². The van der Waals surface area contributed by atoms with Crippen LogP contribution in [0.5, 0.6) is 0 Å². The smallest absolute Gasteiger partial charge is 0.318 e. The van der Waals surface area contributed by atoms with Gasteiger partial charge in [0.15, 0.2) is 0 Å². The quantitative estimate of drug-likeness (QED) is 0.457. The topological polar surface area (TPSA) is 134 Å². The van der Waals surface area contributed by atoms with Crippen LogP contribution >= 0.6 is 0 Å². The number of aromatic nitrogens is 8. The number of piperidine rings is 1. The highest BCUT2D eigenvalue weighted by molar-refractivity contribution is 5.50. The molecule has 1 aliphatic carbocycles. The van der Waals surface area contributed by atoms with Crippen LogP contribution in [0.25, 0.3) is 11.6 Å². The summed E-state index contributed by atoms with van der Waals surface area (Å²) in [6, 6.07) is 8.18. The average Bonchev–Trinajstić information content (AvgIpc) is 3.34. The number of pyridine rings is 1. The summed E-state index contributed by atoms with van der Waals surface area (Å²) in [5, 5.41) is 22.5. The van der Waals surface area contributed by atoms with Crippen LogP contribution in [0, 0.1) is 11.8 Å². The maximum Gasteiger partial charge on any atom is 0.318 e. The molecule has 0 spiro atoms. The first-order valence-corrected chi connectivity index (χ1v) is 10.3.